The average Bonchev–Trinajstić information content (AvgIpc) is 3.10. The van der Waals surface area contributed by atoms with Gasteiger partial charge in [0.1, 0.15) is 6.04 Å². The van der Waals surface area contributed by atoms with E-state index in [1.807, 2.05) is 11.6 Å². The normalized spacial score (nSPS) is 23.0. The SMILES string of the molecule is NC(=O)[C@@H]1CCCCN1C(=O)CN1CCN(c2nccs2)CC1. The molecule has 23 heavy (non-hydrogen) atoms. The number of anilines is 1. The van der Waals surface area contributed by atoms with Gasteiger partial charge < -0.3 is 15.5 Å². The largest absolute Gasteiger partial charge is 0.368 e. The monoisotopic (exact) mass is 337 g/mol. The van der Waals surface area contributed by atoms with E-state index in [1.54, 1.807) is 16.2 Å². The van der Waals surface area contributed by atoms with E-state index in [2.05, 4.69) is 14.8 Å². The van der Waals surface area contributed by atoms with Crippen LogP contribution in [0.4, 0.5) is 5.13 Å². The Hall–Kier alpha value is -1.67. The number of hydrogen-bond acceptors (Lipinski definition) is 6. The molecule has 8 heteroatoms. The van der Waals surface area contributed by atoms with Crippen LogP contribution in [0.15, 0.2) is 11.6 Å². The second-order valence-corrected chi connectivity index (χ2v) is 6.95. The highest BCUT2D eigenvalue weighted by Gasteiger charge is 2.31. The lowest BCUT2D eigenvalue weighted by Crippen LogP contribution is -2.55. The predicted molar refractivity (Wildman–Crippen MR) is 89.3 cm³/mol. The highest BCUT2D eigenvalue weighted by molar-refractivity contribution is 7.13. The zero-order valence-electron chi connectivity index (χ0n) is 13.2. The van der Waals surface area contributed by atoms with Crippen molar-refractivity contribution >= 4 is 28.3 Å². The zero-order chi connectivity index (χ0) is 16.2. The molecule has 1 aromatic heterocycles. The molecular weight excluding hydrogens is 314 g/mol. The molecule has 2 saturated heterocycles. The number of nitrogens with zero attached hydrogens (tertiary/aromatic N) is 4. The van der Waals surface area contributed by atoms with Gasteiger partial charge in [-0.25, -0.2) is 4.98 Å². The van der Waals surface area contributed by atoms with E-state index < -0.39 is 6.04 Å². The first-order chi connectivity index (χ1) is 11.1. The molecule has 7 nitrogen and oxygen atoms in total. The first kappa shape index (κ1) is 16.2. The smallest absolute Gasteiger partial charge is 0.240 e. The van der Waals surface area contributed by atoms with Gasteiger partial charge in [-0.1, -0.05) is 0 Å². The van der Waals surface area contributed by atoms with Gasteiger partial charge in [0.25, 0.3) is 0 Å². The summed E-state index contributed by atoms with van der Waals surface area (Å²) in [5.74, 6) is -0.358. The van der Waals surface area contributed by atoms with E-state index in [4.69, 9.17) is 5.73 Å². The van der Waals surface area contributed by atoms with Gasteiger partial charge in [0.05, 0.1) is 6.54 Å². The third-order valence-corrected chi connectivity index (χ3v) is 5.40. The van der Waals surface area contributed by atoms with Crippen molar-refractivity contribution in [2.24, 2.45) is 5.73 Å². The Kier molecular flexibility index (Phi) is 5.12. The van der Waals surface area contributed by atoms with Crippen molar-refractivity contribution in [3.05, 3.63) is 11.6 Å². The maximum atomic E-state index is 12.5. The fraction of sp³-hybridized carbons (Fsp3) is 0.667. The maximum absolute atomic E-state index is 12.5. The minimum atomic E-state index is -0.423. The van der Waals surface area contributed by atoms with E-state index >= 15 is 0 Å². The number of carbonyl (C=O) groups excluding carboxylic acids is 2. The Balaban J connectivity index is 1.51. The molecule has 0 aliphatic carbocycles. The van der Waals surface area contributed by atoms with Crippen LogP contribution >= 0.6 is 11.3 Å². The van der Waals surface area contributed by atoms with Gasteiger partial charge in [-0.05, 0) is 19.3 Å². The van der Waals surface area contributed by atoms with Gasteiger partial charge >= 0.3 is 0 Å². The summed E-state index contributed by atoms with van der Waals surface area (Å²) in [6.45, 7) is 4.43. The van der Waals surface area contributed by atoms with E-state index in [0.717, 1.165) is 44.2 Å². The van der Waals surface area contributed by atoms with Gasteiger partial charge in [-0.2, -0.15) is 0 Å². The molecule has 0 bridgehead atoms. The van der Waals surface area contributed by atoms with Crippen LogP contribution in [0, 0.1) is 0 Å². The summed E-state index contributed by atoms with van der Waals surface area (Å²) >= 11 is 1.64. The van der Waals surface area contributed by atoms with Crippen molar-refractivity contribution in [3.8, 4) is 0 Å². The van der Waals surface area contributed by atoms with E-state index in [0.29, 0.717) is 19.5 Å². The zero-order valence-corrected chi connectivity index (χ0v) is 14.0. The second kappa shape index (κ2) is 7.27. The van der Waals surface area contributed by atoms with Gasteiger partial charge in [0.15, 0.2) is 5.13 Å². The summed E-state index contributed by atoms with van der Waals surface area (Å²) in [5, 5.41) is 3.02. The summed E-state index contributed by atoms with van der Waals surface area (Å²) in [5.41, 5.74) is 5.44. The summed E-state index contributed by atoms with van der Waals surface area (Å²) in [7, 11) is 0. The van der Waals surface area contributed by atoms with Gasteiger partial charge in [0, 0.05) is 44.3 Å². The fourth-order valence-electron chi connectivity index (χ4n) is 3.28. The number of thiazole rings is 1. The number of primary amides is 1. The first-order valence-corrected chi connectivity index (χ1v) is 8.98. The Labute approximate surface area is 140 Å². The van der Waals surface area contributed by atoms with Crippen LogP contribution in [-0.2, 0) is 9.59 Å². The van der Waals surface area contributed by atoms with Gasteiger partial charge in [-0.3, -0.25) is 14.5 Å². The highest BCUT2D eigenvalue weighted by Crippen LogP contribution is 2.20. The molecule has 0 saturated carbocycles. The van der Waals surface area contributed by atoms with Crippen LogP contribution in [0.25, 0.3) is 0 Å². The molecule has 1 atom stereocenters. The number of rotatable bonds is 4. The third-order valence-electron chi connectivity index (χ3n) is 4.57. The molecule has 2 aliphatic heterocycles. The highest BCUT2D eigenvalue weighted by atomic mass is 32.1. The van der Waals surface area contributed by atoms with Crippen LogP contribution < -0.4 is 10.6 Å². The number of hydrogen-bond donors (Lipinski definition) is 1. The number of nitrogens with two attached hydrogens (primary N) is 1. The Morgan fingerprint density at radius 1 is 1.22 bits per heavy atom. The van der Waals surface area contributed by atoms with Crippen molar-refractivity contribution in [2.45, 2.75) is 25.3 Å². The molecule has 126 valence electrons. The van der Waals surface area contributed by atoms with E-state index in [1.165, 1.54) is 0 Å². The predicted octanol–water partition coefficient (Wildman–Crippen LogP) is 0.131. The quantitative estimate of drug-likeness (QED) is 0.844. The van der Waals surface area contributed by atoms with Gasteiger partial charge in [-0.15, -0.1) is 11.3 Å². The van der Waals surface area contributed by atoms with Gasteiger partial charge in [0.2, 0.25) is 11.8 Å². The molecule has 2 fully saturated rings. The summed E-state index contributed by atoms with van der Waals surface area (Å²) in [4.78, 5) is 34.5. The van der Waals surface area contributed by atoms with Crippen LogP contribution in [0.2, 0.25) is 0 Å². The number of piperidine rings is 1. The summed E-state index contributed by atoms with van der Waals surface area (Å²) in [6, 6.07) is -0.423. The summed E-state index contributed by atoms with van der Waals surface area (Å²) < 4.78 is 0. The van der Waals surface area contributed by atoms with Crippen molar-refractivity contribution in [1.29, 1.82) is 0 Å². The molecule has 3 heterocycles. The van der Waals surface area contributed by atoms with E-state index in [9.17, 15) is 9.59 Å². The lowest BCUT2D eigenvalue weighted by Gasteiger charge is -2.38. The van der Waals surface area contributed by atoms with Crippen LogP contribution in [0.3, 0.4) is 0 Å². The Morgan fingerprint density at radius 2 is 2.00 bits per heavy atom. The Bertz CT molecular complexity index is 542. The fourth-order valence-corrected chi connectivity index (χ4v) is 3.97. The third kappa shape index (κ3) is 3.81. The average molecular weight is 337 g/mol. The van der Waals surface area contributed by atoms with Crippen LogP contribution in [0.1, 0.15) is 19.3 Å². The van der Waals surface area contributed by atoms with Crippen molar-refractivity contribution < 1.29 is 9.59 Å². The van der Waals surface area contributed by atoms with Crippen molar-refractivity contribution in [2.75, 3.05) is 44.2 Å². The topological polar surface area (TPSA) is 82.8 Å². The molecule has 2 amide bonds. The molecule has 0 aromatic carbocycles. The molecule has 3 rings (SSSR count). The first-order valence-electron chi connectivity index (χ1n) is 8.11. The number of aromatic nitrogens is 1. The van der Waals surface area contributed by atoms with Crippen LogP contribution in [-0.4, -0.2) is 71.9 Å². The number of amides is 2. The molecule has 0 spiro atoms. The van der Waals surface area contributed by atoms with Crippen LogP contribution in [0.5, 0.6) is 0 Å². The molecule has 2 N–H and O–H groups in total. The molecule has 0 unspecified atom stereocenters. The maximum Gasteiger partial charge on any atom is 0.240 e. The lowest BCUT2D eigenvalue weighted by atomic mass is 10.0. The Morgan fingerprint density at radius 3 is 2.65 bits per heavy atom. The van der Waals surface area contributed by atoms with Crippen molar-refractivity contribution in [1.82, 2.24) is 14.8 Å². The number of likely N-dealkylation sites (tertiary alicyclic amines) is 1. The minimum absolute atomic E-state index is 0.0243. The van der Waals surface area contributed by atoms with E-state index in [-0.39, 0.29) is 11.8 Å². The number of piperazine rings is 1. The molecular formula is C15H23N5O2S. The molecule has 2 aliphatic rings. The minimum Gasteiger partial charge on any atom is -0.368 e. The van der Waals surface area contributed by atoms with Crippen molar-refractivity contribution in [3.63, 3.8) is 0 Å². The summed E-state index contributed by atoms with van der Waals surface area (Å²) in [6.07, 6.45) is 4.42. The standard InChI is InChI=1S/C15H23N5O2S/c16-14(22)12-3-1-2-5-20(12)13(21)11-18-6-8-19(9-7-18)15-17-4-10-23-15/h4,10,12H,1-3,5-9,11H2,(H2,16,22)/t12-/m0/s1. The number of carbonyl (C=O) groups is 2. The second-order valence-electron chi connectivity index (χ2n) is 6.08. The molecule has 0 radical (unpaired) electrons. The molecule has 1 aromatic rings. The lowest BCUT2D eigenvalue weighted by molar-refractivity contribution is -0.142.